The number of fused-ring (bicyclic) bond motifs is 1. The highest BCUT2D eigenvalue weighted by molar-refractivity contribution is 6.06. The van der Waals surface area contributed by atoms with E-state index in [-0.39, 0.29) is 11.4 Å². The maximum atomic E-state index is 13.0. The normalized spacial score (nSPS) is 18.0. The minimum Gasteiger partial charge on any atom is -0.379 e. The van der Waals surface area contributed by atoms with E-state index in [0.717, 1.165) is 55.1 Å². The zero-order chi connectivity index (χ0) is 18.9. The standard InChI is InChI=1S/C19H29N5O2/c1-6-19(4,24-7-9-26-10-8-24)12-20-18(25)15-11-13(2)21-17-16(15)14(3)22-23(17)5/h11H,6-10,12H2,1-5H3,(H,20,25). The lowest BCUT2D eigenvalue weighted by molar-refractivity contribution is -0.0169. The lowest BCUT2D eigenvalue weighted by Gasteiger charge is -2.43. The summed E-state index contributed by atoms with van der Waals surface area (Å²) >= 11 is 0. The SMILES string of the molecule is CCC(C)(CNC(=O)c1cc(C)nc2c1c(C)nn2C)N1CCOCC1. The van der Waals surface area contributed by atoms with Crippen molar-refractivity contribution in [2.75, 3.05) is 32.8 Å². The lowest BCUT2D eigenvalue weighted by Crippen LogP contribution is -2.56. The number of nitrogens with zero attached hydrogens (tertiary/aromatic N) is 4. The number of nitrogens with one attached hydrogen (secondary N) is 1. The van der Waals surface area contributed by atoms with Crippen LogP contribution in [0.25, 0.3) is 11.0 Å². The van der Waals surface area contributed by atoms with Crippen LogP contribution in [0.4, 0.5) is 0 Å². The highest BCUT2D eigenvalue weighted by atomic mass is 16.5. The third-order valence-corrected chi connectivity index (χ3v) is 5.51. The van der Waals surface area contributed by atoms with Crippen LogP contribution in [0.15, 0.2) is 6.07 Å². The Balaban J connectivity index is 1.83. The summed E-state index contributed by atoms with van der Waals surface area (Å²) in [7, 11) is 1.86. The fourth-order valence-corrected chi connectivity index (χ4v) is 3.68. The number of aryl methyl sites for hydroxylation is 3. The van der Waals surface area contributed by atoms with Gasteiger partial charge in [-0.1, -0.05) is 6.92 Å². The smallest absolute Gasteiger partial charge is 0.252 e. The Morgan fingerprint density at radius 1 is 1.35 bits per heavy atom. The van der Waals surface area contributed by atoms with Crippen LogP contribution in [0.5, 0.6) is 0 Å². The van der Waals surface area contributed by atoms with Crippen molar-refractivity contribution in [3.05, 3.63) is 23.0 Å². The number of hydrogen-bond acceptors (Lipinski definition) is 5. The number of aromatic nitrogens is 3. The molecular weight excluding hydrogens is 330 g/mol. The average Bonchev–Trinajstić information content (AvgIpc) is 2.93. The van der Waals surface area contributed by atoms with E-state index in [1.165, 1.54) is 0 Å². The summed E-state index contributed by atoms with van der Waals surface area (Å²) < 4.78 is 7.20. The number of ether oxygens (including phenoxy) is 1. The zero-order valence-corrected chi connectivity index (χ0v) is 16.4. The van der Waals surface area contributed by atoms with E-state index in [9.17, 15) is 4.79 Å². The van der Waals surface area contributed by atoms with Gasteiger partial charge in [-0.15, -0.1) is 0 Å². The van der Waals surface area contributed by atoms with E-state index < -0.39 is 0 Å². The van der Waals surface area contributed by atoms with Gasteiger partial charge in [0.15, 0.2) is 5.65 Å². The Kier molecular flexibility index (Phi) is 5.29. The van der Waals surface area contributed by atoms with Crippen LogP contribution in [0, 0.1) is 13.8 Å². The first-order chi connectivity index (χ1) is 12.4. The number of pyridine rings is 1. The van der Waals surface area contributed by atoms with Crippen LogP contribution in [0.1, 0.15) is 42.0 Å². The predicted molar refractivity (Wildman–Crippen MR) is 101 cm³/mol. The maximum absolute atomic E-state index is 13.0. The van der Waals surface area contributed by atoms with E-state index in [1.54, 1.807) is 4.68 Å². The second kappa shape index (κ2) is 7.32. The van der Waals surface area contributed by atoms with Crippen molar-refractivity contribution in [2.24, 2.45) is 7.05 Å². The van der Waals surface area contributed by atoms with Gasteiger partial charge in [-0.25, -0.2) is 4.98 Å². The van der Waals surface area contributed by atoms with Crippen molar-refractivity contribution in [1.29, 1.82) is 0 Å². The third-order valence-electron chi connectivity index (χ3n) is 5.51. The van der Waals surface area contributed by atoms with Crippen molar-refractivity contribution in [2.45, 2.75) is 39.7 Å². The molecule has 1 aliphatic heterocycles. The summed E-state index contributed by atoms with van der Waals surface area (Å²) in [6.07, 6.45) is 0.962. The molecule has 0 spiro atoms. The van der Waals surface area contributed by atoms with E-state index >= 15 is 0 Å². The topological polar surface area (TPSA) is 72.3 Å². The van der Waals surface area contributed by atoms with Crippen molar-refractivity contribution in [3.8, 4) is 0 Å². The minimum atomic E-state index is -0.0788. The van der Waals surface area contributed by atoms with E-state index in [4.69, 9.17) is 4.74 Å². The summed E-state index contributed by atoms with van der Waals surface area (Å²) in [5, 5.41) is 8.42. The number of carbonyl (C=O) groups is 1. The molecule has 1 unspecified atom stereocenters. The van der Waals surface area contributed by atoms with Crippen LogP contribution in [0.2, 0.25) is 0 Å². The van der Waals surface area contributed by atoms with Gasteiger partial charge in [-0.05, 0) is 33.3 Å². The lowest BCUT2D eigenvalue weighted by atomic mass is 9.95. The van der Waals surface area contributed by atoms with Gasteiger partial charge in [0.2, 0.25) is 0 Å². The molecule has 2 aromatic heterocycles. The van der Waals surface area contributed by atoms with Crippen LogP contribution in [-0.4, -0.2) is 64.0 Å². The fraction of sp³-hybridized carbons (Fsp3) is 0.632. The number of rotatable bonds is 5. The van der Waals surface area contributed by atoms with Gasteiger partial charge in [-0.2, -0.15) is 5.10 Å². The molecule has 0 bridgehead atoms. The summed E-state index contributed by atoms with van der Waals surface area (Å²) in [5.41, 5.74) is 2.96. The van der Waals surface area contributed by atoms with Gasteiger partial charge < -0.3 is 10.1 Å². The van der Waals surface area contributed by atoms with Gasteiger partial charge in [0.25, 0.3) is 5.91 Å². The van der Waals surface area contributed by atoms with Crippen LogP contribution < -0.4 is 5.32 Å². The Bertz CT molecular complexity index is 810. The molecule has 2 aromatic rings. The zero-order valence-electron chi connectivity index (χ0n) is 16.4. The molecule has 1 aliphatic rings. The quantitative estimate of drug-likeness (QED) is 0.882. The van der Waals surface area contributed by atoms with Crippen molar-refractivity contribution in [3.63, 3.8) is 0 Å². The van der Waals surface area contributed by atoms with Crippen molar-refractivity contribution < 1.29 is 9.53 Å². The summed E-state index contributed by atoms with van der Waals surface area (Å²) in [5.74, 6) is -0.0652. The summed E-state index contributed by atoms with van der Waals surface area (Å²) in [6.45, 7) is 12.1. The number of hydrogen-bond donors (Lipinski definition) is 1. The Hall–Kier alpha value is -1.99. The molecule has 0 aliphatic carbocycles. The Morgan fingerprint density at radius 2 is 2.04 bits per heavy atom. The van der Waals surface area contributed by atoms with Gasteiger partial charge in [-0.3, -0.25) is 14.4 Å². The number of morpholine rings is 1. The first-order valence-electron chi connectivity index (χ1n) is 9.27. The highest BCUT2D eigenvalue weighted by Crippen LogP contribution is 2.23. The van der Waals surface area contributed by atoms with E-state index in [1.807, 2.05) is 27.0 Å². The molecule has 7 nitrogen and oxygen atoms in total. The van der Waals surface area contributed by atoms with Gasteiger partial charge in [0.05, 0.1) is 29.9 Å². The van der Waals surface area contributed by atoms with Crippen LogP contribution in [-0.2, 0) is 11.8 Å². The first kappa shape index (κ1) is 18.8. The van der Waals surface area contributed by atoms with Gasteiger partial charge in [0.1, 0.15) is 0 Å². The Labute approximate surface area is 154 Å². The minimum absolute atomic E-state index is 0.0652. The average molecular weight is 359 g/mol. The molecule has 1 atom stereocenters. The molecule has 3 rings (SSSR count). The fourth-order valence-electron chi connectivity index (χ4n) is 3.68. The molecule has 1 amide bonds. The molecule has 1 fully saturated rings. The highest BCUT2D eigenvalue weighted by Gasteiger charge is 2.32. The largest absolute Gasteiger partial charge is 0.379 e. The molecule has 0 radical (unpaired) electrons. The van der Waals surface area contributed by atoms with Crippen LogP contribution >= 0.6 is 0 Å². The van der Waals surface area contributed by atoms with E-state index in [0.29, 0.717) is 12.1 Å². The summed E-state index contributed by atoms with van der Waals surface area (Å²) in [6, 6.07) is 1.85. The molecule has 26 heavy (non-hydrogen) atoms. The second-order valence-corrected chi connectivity index (χ2v) is 7.35. The van der Waals surface area contributed by atoms with Crippen molar-refractivity contribution >= 4 is 16.9 Å². The molecule has 1 saturated heterocycles. The molecule has 1 N–H and O–H groups in total. The first-order valence-corrected chi connectivity index (χ1v) is 9.27. The monoisotopic (exact) mass is 359 g/mol. The maximum Gasteiger partial charge on any atom is 0.252 e. The molecule has 7 heteroatoms. The van der Waals surface area contributed by atoms with Crippen LogP contribution in [0.3, 0.4) is 0 Å². The molecular formula is C19H29N5O2. The molecule has 0 saturated carbocycles. The summed E-state index contributed by atoms with van der Waals surface area (Å²) in [4.78, 5) is 20.0. The van der Waals surface area contributed by atoms with E-state index in [2.05, 4.69) is 34.1 Å². The number of carbonyl (C=O) groups excluding carboxylic acids is 1. The molecule has 142 valence electrons. The van der Waals surface area contributed by atoms with Gasteiger partial charge >= 0.3 is 0 Å². The molecule has 0 aromatic carbocycles. The van der Waals surface area contributed by atoms with Crippen molar-refractivity contribution in [1.82, 2.24) is 25.0 Å². The predicted octanol–water partition coefficient (Wildman–Crippen LogP) is 1.82. The van der Waals surface area contributed by atoms with Gasteiger partial charge in [0, 0.05) is 37.9 Å². The second-order valence-electron chi connectivity index (χ2n) is 7.35. The number of amides is 1. The Morgan fingerprint density at radius 3 is 2.69 bits per heavy atom. The molecule has 3 heterocycles. The third kappa shape index (κ3) is 3.46.